The lowest BCUT2D eigenvalue weighted by Gasteiger charge is -2.10. The summed E-state index contributed by atoms with van der Waals surface area (Å²) in [5.74, 6) is -0.224. The van der Waals surface area contributed by atoms with E-state index in [1.807, 2.05) is 24.5 Å². The molecule has 0 aliphatic carbocycles. The first-order valence-electron chi connectivity index (χ1n) is 8.17. The van der Waals surface area contributed by atoms with E-state index < -0.39 is 18.5 Å². The number of hydrogen-bond donors (Lipinski definition) is 1. The summed E-state index contributed by atoms with van der Waals surface area (Å²) in [4.78, 5) is 24.8. The molecule has 8 heteroatoms. The maximum atomic E-state index is 12.0. The van der Waals surface area contributed by atoms with Gasteiger partial charge in [-0.1, -0.05) is 23.7 Å². The summed E-state index contributed by atoms with van der Waals surface area (Å²) in [7, 11) is 2.98. The van der Waals surface area contributed by atoms with Gasteiger partial charge in [0.2, 0.25) is 0 Å². The molecule has 0 radical (unpaired) electrons. The Labute approximate surface area is 172 Å². The molecule has 0 bridgehead atoms. The molecule has 28 heavy (non-hydrogen) atoms. The number of carbonyl (C=O) groups excluding carboxylic acids is 2. The Morgan fingerprint density at radius 2 is 1.93 bits per heavy atom. The number of esters is 1. The van der Waals surface area contributed by atoms with Crippen LogP contribution in [-0.2, 0) is 14.3 Å². The van der Waals surface area contributed by atoms with Crippen LogP contribution in [0, 0.1) is 0 Å². The first-order chi connectivity index (χ1) is 13.5. The normalized spacial score (nSPS) is 10.6. The minimum absolute atomic E-state index is 0.349. The van der Waals surface area contributed by atoms with Crippen molar-refractivity contribution in [2.75, 3.05) is 32.4 Å². The summed E-state index contributed by atoms with van der Waals surface area (Å²) < 4.78 is 15.3. The number of amides is 1. The fraction of sp³-hybridized carbons (Fsp3) is 0.200. The SMILES string of the molecule is COc1cc(/C=C/C(=O)OCC(=O)Nc2ccccc2SC)cc(Cl)c1OC. The van der Waals surface area contributed by atoms with Crippen molar-refractivity contribution < 1.29 is 23.8 Å². The first-order valence-corrected chi connectivity index (χ1v) is 9.78. The van der Waals surface area contributed by atoms with Gasteiger partial charge in [0.05, 0.1) is 24.9 Å². The van der Waals surface area contributed by atoms with Gasteiger partial charge in [0.15, 0.2) is 18.1 Å². The minimum Gasteiger partial charge on any atom is -0.493 e. The molecule has 1 amide bonds. The number of benzene rings is 2. The summed E-state index contributed by atoms with van der Waals surface area (Å²) in [6.45, 7) is -0.390. The highest BCUT2D eigenvalue weighted by Gasteiger charge is 2.11. The molecule has 2 aromatic rings. The number of thioether (sulfide) groups is 1. The summed E-state index contributed by atoms with van der Waals surface area (Å²) in [5, 5.41) is 3.07. The molecule has 0 aromatic heterocycles. The monoisotopic (exact) mass is 421 g/mol. The summed E-state index contributed by atoms with van der Waals surface area (Å²) in [6, 6.07) is 10.7. The standard InChI is InChI=1S/C20H20ClNO5S/c1-25-16-11-13(10-14(21)20(16)26-2)8-9-19(24)27-12-18(23)22-15-6-4-5-7-17(15)28-3/h4-11H,12H2,1-3H3,(H,22,23)/b9-8+. The number of ether oxygens (including phenoxy) is 3. The van der Waals surface area contributed by atoms with Crippen LogP contribution < -0.4 is 14.8 Å². The molecule has 148 valence electrons. The van der Waals surface area contributed by atoms with Gasteiger partial charge in [-0.25, -0.2) is 4.79 Å². The van der Waals surface area contributed by atoms with Crippen LogP contribution in [0.4, 0.5) is 5.69 Å². The van der Waals surface area contributed by atoms with Crippen LogP contribution in [0.25, 0.3) is 6.08 Å². The van der Waals surface area contributed by atoms with Crippen molar-refractivity contribution in [1.29, 1.82) is 0 Å². The van der Waals surface area contributed by atoms with E-state index in [0.29, 0.717) is 27.8 Å². The lowest BCUT2D eigenvalue weighted by molar-refractivity contribution is -0.142. The van der Waals surface area contributed by atoms with Crippen molar-refractivity contribution in [3.05, 3.63) is 53.1 Å². The van der Waals surface area contributed by atoms with Gasteiger partial charge < -0.3 is 19.5 Å². The number of carbonyl (C=O) groups is 2. The van der Waals surface area contributed by atoms with Crippen molar-refractivity contribution in [3.8, 4) is 11.5 Å². The molecule has 1 N–H and O–H groups in total. The smallest absolute Gasteiger partial charge is 0.331 e. The van der Waals surface area contributed by atoms with E-state index in [0.717, 1.165) is 4.90 Å². The zero-order chi connectivity index (χ0) is 20.5. The van der Waals surface area contributed by atoms with Gasteiger partial charge in [0.25, 0.3) is 5.91 Å². The summed E-state index contributed by atoms with van der Waals surface area (Å²) >= 11 is 7.63. The van der Waals surface area contributed by atoms with Crippen molar-refractivity contribution >= 4 is 47.0 Å². The van der Waals surface area contributed by atoms with Gasteiger partial charge in [-0.15, -0.1) is 11.8 Å². The zero-order valence-electron chi connectivity index (χ0n) is 15.7. The Bertz CT molecular complexity index is 885. The Morgan fingerprint density at radius 1 is 1.18 bits per heavy atom. The lowest BCUT2D eigenvalue weighted by atomic mass is 10.2. The molecule has 0 heterocycles. The first kappa shape index (κ1) is 21.7. The molecule has 0 aliphatic rings. The topological polar surface area (TPSA) is 73.9 Å². The van der Waals surface area contributed by atoms with E-state index >= 15 is 0 Å². The maximum Gasteiger partial charge on any atom is 0.331 e. The van der Waals surface area contributed by atoms with Crippen molar-refractivity contribution in [1.82, 2.24) is 0 Å². The molecule has 0 aliphatic heterocycles. The lowest BCUT2D eigenvalue weighted by Crippen LogP contribution is -2.20. The van der Waals surface area contributed by atoms with Crippen LogP contribution in [0.1, 0.15) is 5.56 Å². The number of rotatable bonds is 8. The molecule has 0 spiro atoms. The quantitative estimate of drug-likeness (QED) is 0.389. The van der Waals surface area contributed by atoms with Gasteiger partial charge in [0, 0.05) is 11.0 Å². The molecular weight excluding hydrogens is 402 g/mol. The van der Waals surface area contributed by atoms with Gasteiger partial charge in [0.1, 0.15) is 0 Å². The van der Waals surface area contributed by atoms with Crippen LogP contribution in [0.2, 0.25) is 5.02 Å². The van der Waals surface area contributed by atoms with E-state index in [1.54, 1.807) is 18.2 Å². The Kier molecular flexibility index (Phi) is 8.22. The molecule has 2 rings (SSSR count). The second kappa shape index (κ2) is 10.6. The molecule has 0 atom stereocenters. The molecule has 0 saturated carbocycles. The van der Waals surface area contributed by atoms with Crippen LogP contribution in [-0.4, -0.2) is 39.0 Å². The van der Waals surface area contributed by atoms with E-state index in [-0.39, 0.29) is 0 Å². The van der Waals surface area contributed by atoms with Crippen LogP contribution in [0.3, 0.4) is 0 Å². The third kappa shape index (κ3) is 5.94. The average Bonchev–Trinajstić information content (AvgIpc) is 2.70. The zero-order valence-corrected chi connectivity index (χ0v) is 17.2. The van der Waals surface area contributed by atoms with Crippen molar-refractivity contribution in [2.24, 2.45) is 0 Å². The molecule has 2 aromatic carbocycles. The Hall–Kier alpha value is -2.64. The molecular formula is C20H20ClNO5S. The van der Waals surface area contributed by atoms with Crippen LogP contribution in [0.15, 0.2) is 47.4 Å². The molecule has 6 nitrogen and oxygen atoms in total. The van der Waals surface area contributed by atoms with E-state index in [2.05, 4.69) is 5.32 Å². The number of nitrogens with one attached hydrogen (secondary N) is 1. The summed E-state index contributed by atoms with van der Waals surface area (Å²) in [5.41, 5.74) is 1.30. The van der Waals surface area contributed by atoms with Crippen molar-refractivity contribution in [3.63, 3.8) is 0 Å². The minimum atomic E-state index is -0.654. The predicted octanol–water partition coefficient (Wildman–Crippen LogP) is 4.27. The van der Waals surface area contributed by atoms with Crippen LogP contribution >= 0.6 is 23.4 Å². The van der Waals surface area contributed by atoms with Gasteiger partial charge in [-0.3, -0.25) is 4.79 Å². The molecule has 0 fully saturated rings. The highest BCUT2D eigenvalue weighted by Crippen LogP contribution is 2.36. The Balaban J connectivity index is 1.93. The molecule has 0 saturated heterocycles. The largest absolute Gasteiger partial charge is 0.493 e. The maximum absolute atomic E-state index is 12.0. The second-order valence-electron chi connectivity index (χ2n) is 5.43. The van der Waals surface area contributed by atoms with E-state index in [9.17, 15) is 9.59 Å². The number of para-hydroxylation sites is 1. The Morgan fingerprint density at radius 3 is 2.61 bits per heavy atom. The third-order valence-corrected chi connectivity index (χ3v) is 4.67. The van der Waals surface area contributed by atoms with E-state index in [1.165, 1.54) is 38.1 Å². The molecule has 0 unspecified atom stereocenters. The fourth-order valence-corrected chi connectivity index (χ4v) is 3.17. The fourth-order valence-electron chi connectivity index (χ4n) is 2.32. The van der Waals surface area contributed by atoms with Gasteiger partial charge in [-0.2, -0.15) is 0 Å². The predicted molar refractivity (Wildman–Crippen MR) is 111 cm³/mol. The van der Waals surface area contributed by atoms with Crippen molar-refractivity contribution in [2.45, 2.75) is 4.90 Å². The number of hydrogen-bond acceptors (Lipinski definition) is 6. The number of halogens is 1. The van der Waals surface area contributed by atoms with E-state index in [4.69, 9.17) is 25.8 Å². The second-order valence-corrected chi connectivity index (χ2v) is 6.68. The van der Waals surface area contributed by atoms with Crippen LogP contribution in [0.5, 0.6) is 11.5 Å². The highest BCUT2D eigenvalue weighted by atomic mass is 35.5. The average molecular weight is 422 g/mol. The number of anilines is 1. The number of methoxy groups -OCH3 is 2. The highest BCUT2D eigenvalue weighted by molar-refractivity contribution is 7.98. The van der Waals surface area contributed by atoms with Gasteiger partial charge in [-0.05, 0) is 42.2 Å². The van der Waals surface area contributed by atoms with Gasteiger partial charge >= 0.3 is 5.97 Å². The third-order valence-electron chi connectivity index (χ3n) is 3.59. The summed E-state index contributed by atoms with van der Waals surface area (Å²) in [6.07, 6.45) is 4.63.